The van der Waals surface area contributed by atoms with Crippen molar-refractivity contribution in [2.45, 2.75) is 64.0 Å². The second-order valence-electron chi connectivity index (χ2n) is 8.01. The van der Waals surface area contributed by atoms with Gasteiger partial charge in [0, 0.05) is 51.7 Å². The zero-order chi connectivity index (χ0) is 17.6. The molecule has 3 fully saturated rings. The zero-order valence-electron chi connectivity index (χ0n) is 15.6. The molecule has 2 aliphatic heterocycles. The molecule has 0 spiro atoms. The molecule has 2 atom stereocenters. The first kappa shape index (κ1) is 18.6. The van der Waals surface area contributed by atoms with E-state index in [-0.39, 0.29) is 11.8 Å². The molecular weight excluding hydrogens is 316 g/mol. The van der Waals surface area contributed by atoms with Gasteiger partial charge >= 0.3 is 0 Å². The third-order valence-corrected chi connectivity index (χ3v) is 6.09. The normalized spacial score (nSPS) is 27.2. The number of carbonyl (C=O) groups is 2. The second kappa shape index (κ2) is 8.99. The average molecular weight is 351 g/mol. The maximum atomic E-state index is 12.7. The maximum Gasteiger partial charge on any atom is 0.244 e. The fourth-order valence-corrected chi connectivity index (χ4v) is 4.58. The van der Waals surface area contributed by atoms with Crippen molar-refractivity contribution < 1.29 is 9.59 Å². The molecule has 0 radical (unpaired) electrons. The van der Waals surface area contributed by atoms with E-state index in [1.807, 2.05) is 11.8 Å². The van der Waals surface area contributed by atoms with Crippen LogP contribution in [0.2, 0.25) is 0 Å². The Morgan fingerprint density at radius 1 is 1.08 bits per heavy atom. The summed E-state index contributed by atoms with van der Waals surface area (Å²) < 4.78 is 0. The van der Waals surface area contributed by atoms with E-state index in [2.05, 4.69) is 15.5 Å². The number of hydrogen-bond acceptors (Lipinski definition) is 4. The van der Waals surface area contributed by atoms with E-state index in [0.29, 0.717) is 18.4 Å². The molecule has 2 unspecified atom stereocenters. The largest absolute Gasteiger partial charge is 0.345 e. The van der Waals surface area contributed by atoms with Crippen LogP contribution in [0, 0.1) is 5.92 Å². The molecule has 3 aliphatic rings. The highest BCUT2D eigenvalue weighted by molar-refractivity contribution is 5.87. The summed E-state index contributed by atoms with van der Waals surface area (Å²) in [7, 11) is 0. The molecule has 2 saturated heterocycles. The molecule has 0 bridgehead atoms. The lowest BCUT2D eigenvalue weighted by atomic mass is 9.87. The number of nitrogens with zero attached hydrogens (tertiary/aromatic N) is 2. The summed E-state index contributed by atoms with van der Waals surface area (Å²) in [5, 5.41) is 6.32. The van der Waals surface area contributed by atoms with Gasteiger partial charge in [0.1, 0.15) is 6.04 Å². The van der Waals surface area contributed by atoms with Gasteiger partial charge in [-0.2, -0.15) is 0 Å². The van der Waals surface area contributed by atoms with Gasteiger partial charge in [-0.05, 0) is 32.1 Å². The molecule has 25 heavy (non-hydrogen) atoms. The highest BCUT2D eigenvalue weighted by Crippen LogP contribution is 2.26. The highest BCUT2D eigenvalue weighted by Gasteiger charge is 2.33. The van der Waals surface area contributed by atoms with Gasteiger partial charge < -0.3 is 15.5 Å². The lowest BCUT2D eigenvalue weighted by Crippen LogP contribution is -2.51. The molecule has 0 aromatic rings. The third kappa shape index (κ3) is 5.17. The van der Waals surface area contributed by atoms with Crippen LogP contribution < -0.4 is 10.6 Å². The van der Waals surface area contributed by atoms with Crippen LogP contribution in [0.15, 0.2) is 0 Å². The van der Waals surface area contributed by atoms with Crippen LogP contribution in [-0.4, -0.2) is 73.0 Å². The van der Waals surface area contributed by atoms with E-state index in [1.54, 1.807) is 0 Å². The minimum atomic E-state index is -0.405. The molecule has 2 heterocycles. The Kier molecular flexibility index (Phi) is 6.70. The van der Waals surface area contributed by atoms with Crippen molar-refractivity contribution in [1.29, 1.82) is 0 Å². The lowest BCUT2D eigenvalue weighted by Gasteiger charge is -2.32. The van der Waals surface area contributed by atoms with Gasteiger partial charge in [0.05, 0.1) is 0 Å². The fourth-order valence-electron chi connectivity index (χ4n) is 4.58. The smallest absolute Gasteiger partial charge is 0.244 e. The molecule has 1 saturated carbocycles. The summed E-state index contributed by atoms with van der Waals surface area (Å²) in [5.41, 5.74) is 0. The monoisotopic (exact) mass is 350 g/mol. The topological polar surface area (TPSA) is 64.7 Å². The van der Waals surface area contributed by atoms with Crippen molar-refractivity contribution in [2.24, 2.45) is 5.92 Å². The van der Waals surface area contributed by atoms with Gasteiger partial charge in [0.25, 0.3) is 0 Å². The van der Waals surface area contributed by atoms with E-state index in [1.165, 1.54) is 19.3 Å². The van der Waals surface area contributed by atoms with Gasteiger partial charge in [-0.15, -0.1) is 0 Å². The molecule has 6 nitrogen and oxygen atoms in total. The van der Waals surface area contributed by atoms with Crippen LogP contribution in [0.1, 0.15) is 51.9 Å². The Balaban J connectivity index is 1.41. The predicted molar refractivity (Wildman–Crippen MR) is 98.2 cm³/mol. The Morgan fingerprint density at radius 2 is 1.80 bits per heavy atom. The van der Waals surface area contributed by atoms with Gasteiger partial charge in [-0.3, -0.25) is 14.5 Å². The van der Waals surface area contributed by atoms with Crippen molar-refractivity contribution in [3.05, 3.63) is 0 Å². The SMILES string of the molecule is CC(NC(=O)CC1CCCCC1)C(=O)N1CCC(N2CCNCC2)C1. The summed E-state index contributed by atoms with van der Waals surface area (Å²) in [4.78, 5) is 29.4. The maximum absolute atomic E-state index is 12.7. The average Bonchev–Trinajstić information content (AvgIpc) is 3.12. The number of rotatable bonds is 5. The van der Waals surface area contributed by atoms with Crippen LogP contribution >= 0.6 is 0 Å². The molecule has 142 valence electrons. The second-order valence-corrected chi connectivity index (χ2v) is 8.01. The van der Waals surface area contributed by atoms with Gasteiger partial charge in [0.15, 0.2) is 0 Å². The Labute approximate surface area is 151 Å². The van der Waals surface area contributed by atoms with Crippen molar-refractivity contribution >= 4 is 11.8 Å². The number of likely N-dealkylation sites (tertiary alicyclic amines) is 1. The van der Waals surface area contributed by atoms with E-state index in [9.17, 15) is 9.59 Å². The first-order valence-electron chi connectivity index (χ1n) is 10.2. The number of piperazine rings is 1. The van der Waals surface area contributed by atoms with Crippen molar-refractivity contribution in [2.75, 3.05) is 39.3 Å². The first-order chi connectivity index (χ1) is 12.1. The van der Waals surface area contributed by atoms with Gasteiger partial charge in [-0.1, -0.05) is 19.3 Å². The molecule has 2 N–H and O–H groups in total. The molecule has 1 aliphatic carbocycles. The molecule has 6 heteroatoms. The summed E-state index contributed by atoms with van der Waals surface area (Å²) in [5.74, 6) is 0.639. The Bertz CT molecular complexity index is 458. The first-order valence-corrected chi connectivity index (χ1v) is 10.2. The number of carbonyl (C=O) groups excluding carboxylic acids is 2. The van der Waals surface area contributed by atoms with Crippen molar-refractivity contribution in [3.8, 4) is 0 Å². The quantitative estimate of drug-likeness (QED) is 0.775. The summed E-state index contributed by atoms with van der Waals surface area (Å²) in [6, 6.07) is 0.0778. The Morgan fingerprint density at radius 3 is 2.52 bits per heavy atom. The summed E-state index contributed by atoms with van der Waals surface area (Å²) >= 11 is 0. The summed E-state index contributed by atoms with van der Waals surface area (Å²) in [6.07, 6.45) is 7.75. The van der Waals surface area contributed by atoms with Crippen LogP contribution in [0.5, 0.6) is 0 Å². The minimum absolute atomic E-state index is 0.0469. The van der Waals surface area contributed by atoms with Crippen molar-refractivity contribution in [1.82, 2.24) is 20.4 Å². The third-order valence-electron chi connectivity index (χ3n) is 6.09. The lowest BCUT2D eigenvalue weighted by molar-refractivity contribution is -0.135. The molecule has 0 aromatic heterocycles. The minimum Gasteiger partial charge on any atom is -0.345 e. The Hall–Kier alpha value is -1.14. The predicted octanol–water partition coefficient (Wildman–Crippen LogP) is 0.968. The van der Waals surface area contributed by atoms with E-state index < -0.39 is 6.04 Å². The molecular formula is C19H34N4O2. The standard InChI is InChI=1S/C19H34N4O2/c1-15(21-18(24)13-16-5-3-2-4-6-16)19(25)23-10-7-17(14-23)22-11-8-20-9-12-22/h15-17,20H,2-14H2,1H3,(H,21,24). The van der Waals surface area contributed by atoms with Gasteiger partial charge in [0.2, 0.25) is 11.8 Å². The van der Waals surface area contributed by atoms with Crippen LogP contribution in [0.4, 0.5) is 0 Å². The summed E-state index contributed by atoms with van der Waals surface area (Å²) in [6.45, 7) is 7.67. The number of amides is 2. The molecule has 3 rings (SSSR count). The van der Waals surface area contributed by atoms with Crippen LogP contribution in [0.25, 0.3) is 0 Å². The van der Waals surface area contributed by atoms with E-state index in [0.717, 1.165) is 58.5 Å². The molecule has 0 aromatic carbocycles. The highest BCUT2D eigenvalue weighted by atomic mass is 16.2. The van der Waals surface area contributed by atoms with E-state index in [4.69, 9.17) is 0 Å². The van der Waals surface area contributed by atoms with Crippen LogP contribution in [0.3, 0.4) is 0 Å². The number of hydrogen-bond donors (Lipinski definition) is 2. The van der Waals surface area contributed by atoms with Gasteiger partial charge in [-0.25, -0.2) is 0 Å². The fraction of sp³-hybridized carbons (Fsp3) is 0.895. The zero-order valence-corrected chi connectivity index (χ0v) is 15.6. The van der Waals surface area contributed by atoms with Crippen molar-refractivity contribution in [3.63, 3.8) is 0 Å². The van der Waals surface area contributed by atoms with Crippen LogP contribution in [-0.2, 0) is 9.59 Å². The number of nitrogens with one attached hydrogen (secondary N) is 2. The van der Waals surface area contributed by atoms with E-state index >= 15 is 0 Å². The molecule has 2 amide bonds.